The first-order chi connectivity index (χ1) is 11.3. The summed E-state index contributed by atoms with van der Waals surface area (Å²) in [4.78, 5) is 27.8. The molecular weight excluding hydrogens is 304 g/mol. The zero-order valence-corrected chi connectivity index (χ0v) is 14.8. The molecule has 0 radical (unpaired) electrons. The fourth-order valence-corrected chi connectivity index (χ4v) is 2.47. The Kier molecular flexibility index (Phi) is 5.98. The monoisotopic (exact) mass is 330 g/mol. The lowest BCUT2D eigenvalue weighted by Gasteiger charge is -2.25. The van der Waals surface area contributed by atoms with E-state index < -0.39 is 0 Å². The van der Waals surface area contributed by atoms with Crippen LogP contribution in [-0.2, 0) is 4.79 Å². The van der Waals surface area contributed by atoms with Crippen molar-refractivity contribution >= 4 is 23.3 Å². The number of anilines is 2. The summed E-state index contributed by atoms with van der Waals surface area (Å²) >= 11 is 0. The number of likely N-dealkylation sites (N-methyl/N-ethyl adjacent to an activating group) is 1. The maximum Gasteiger partial charge on any atom is 0.322 e. The lowest BCUT2D eigenvalue weighted by Crippen LogP contribution is -2.37. The number of carbonyl (C=O) groups is 2. The third-order valence-electron chi connectivity index (χ3n) is 3.95. The van der Waals surface area contributed by atoms with Gasteiger partial charge in [-0.2, -0.15) is 0 Å². The van der Waals surface area contributed by atoms with Crippen molar-refractivity contribution in [1.29, 1.82) is 0 Å². The lowest BCUT2D eigenvalue weighted by molar-refractivity contribution is -0.116. The van der Waals surface area contributed by atoms with E-state index in [2.05, 4.69) is 23.6 Å². The molecule has 1 aromatic carbocycles. The summed E-state index contributed by atoms with van der Waals surface area (Å²) in [6.07, 6.45) is 2.98. The number of nitrogens with one attached hydrogen (secondary N) is 2. The molecule has 2 rings (SSSR count). The first-order valence-electron chi connectivity index (χ1n) is 8.12. The number of nitrogens with zero attached hydrogens (tertiary/aromatic N) is 2. The molecule has 0 unspecified atom stereocenters. The van der Waals surface area contributed by atoms with E-state index in [4.69, 9.17) is 0 Å². The summed E-state index contributed by atoms with van der Waals surface area (Å²) in [6, 6.07) is 5.42. The fraction of sp³-hybridized carbons (Fsp3) is 0.444. The molecule has 1 aromatic rings. The van der Waals surface area contributed by atoms with Gasteiger partial charge in [0.25, 0.3) is 0 Å². The van der Waals surface area contributed by atoms with Crippen LogP contribution in [0, 0.1) is 6.92 Å². The van der Waals surface area contributed by atoms with E-state index in [1.54, 1.807) is 11.0 Å². The number of benzene rings is 1. The maximum atomic E-state index is 12.3. The molecule has 1 aliphatic heterocycles. The normalized spacial score (nSPS) is 14.4. The number of urea groups is 1. The van der Waals surface area contributed by atoms with Crippen molar-refractivity contribution in [2.75, 3.05) is 44.4 Å². The van der Waals surface area contributed by atoms with E-state index in [1.165, 1.54) is 5.57 Å². The molecule has 0 spiro atoms. The van der Waals surface area contributed by atoms with Gasteiger partial charge in [0.2, 0.25) is 5.91 Å². The Morgan fingerprint density at radius 1 is 1.21 bits per heavy atom. The van der Waals surface area contributed by atoms with Crippen LogP contribution < -0.4 is 10.6 Å². The highest BCUT2D eigenvalue weighted by atomic mass is 16.2. The Bertz CT molecular complexity index is 652. The average Bonchev–Trinajstić information content (AvgIpc) is 2.50. The summed E-state index contributed by atoms with van der Waals surface area (Å²) in [5, 5.41) is 5.79. The van der Waals surface area contributed by atoms with Crippen LogP contribution in [-0.4, -0.2) is 55.5 Å². The summed E-state index contributed by atoms with van der Waals surface area (Å²) in [6.45, 7) is 5.69. The van der Waals surface area contributed by atoms with Gasteiger partial charge in [0.1, 0.15) is 0 Å². The molecule has 24 heavy (non-hydrogen) atoms. The van der Waals surface area contributed by atoms with Gasteiger partial charge in [-0.25, -0.2) is 4.79 Å². The molecule has 0 saturated heterocycles. The predicted octanol–water partition coefficient (Wildman–Crippen LogP) is 2.68. The standard InChI is InChI=1S/C18H26N4O2/c1-13-7-9-22(10-8-13)18(24)19-15-6-5-14(2)16(11-15)20-17(23)12-21(3)4/h5-7,11H,8-10,12H2,1-4H3,(H,19,24)(H,20,23). The molecular formula is C18H26N4O2. The number of amides is 3. The van der Waals surface area contributed by atoms with E-state index in [-0.39, 0.29) is 11.9 Å². The summed E-state index contributed by atoms with van der Waals surface area (Å²) in [5.41, 5.74) is 3.67. The van der Waals surface area contributed by atoms with Crippen LogP contribution in [0.25, 0.3) is 0 Å². The Hall–Kier alpha value is -2.34. The van der Waals surface area contributed by atoms with Crippen molar-refractivity contribution in [1.82, 2.24) is 9.80 Å². The topological polar surface area (TPSA) is 64.7 Å². The SMILES string of the molecule is CC1=CCN(C(=O)Nc2ccc(C)c(NC(=O)CN(C)C)c2)CC1. The third-order valence-corrected chi connectivity index (χ3v) is 3.95. The molecule has 0 bridgehead atoms. The Balaban J connectivity index is 2.02. The molecule has 3 amide bonds. The van der Waals surface area contributed by atoms with Crippen molar-refractivity contribution in [3.63, 3.8) is 0 Å². The number of aryl methyl sites for hydroxylation is 1. The Labute approximate surface area is 143 Å². The van der Waals surface area contributed by atoms with E-state index in [0.717, 1.165) is 18.5 Å². The van der Waals surface area contributed by atoms with Crippen LogP contribution in [0.1, 0.15) is 18.9 Å². The minimum absolute atomic E-state index is 0.0804. The number of carbonyl (C=O) groups excluding carboxylic acids is 2. The highest BCUT2D eigenvalue weighted by molar-refractivity contribution is 5.95. The molecule has 0 fully saturated rings. The molecule has 0 atom stereocenters. The predicted molar refractivity (Wildman–Crippen MR) is 97.3 cm³/mol. The van der Waals surface area contributed by atoms with Crippen molar-refractivity contribution < 1.29 is 9.59 Å². The molecule has 6 heteroatoms. The van der Waals surface area contributed by atoms with Crippen molar-refractivity contribution in [2.45, 2.75) is 20.3 Å². The van der Waals surface area contributed by atoms with Gasteiger partial charge in [0.15, 0.2) is 0 Å². The zero-order chi connectivity index (χ0) is 17.7. The quantitative estimate of drug-likeness (QED) is 0.834. The van der Waals surface area contributed by atoms with Crippen molar-refractivity contribution in [2.24, 2.45) is 0 Å². The average molecular weight is 330 g/mol. The number of hydrogen-bond acceptors (Lipinski definition) is 3. The largest absolute Gasteiger partial charge is 0.325 e. The van der Waals surface area contributed by atoms with Crippen LogP contribution in [0.4, 0.5) is 16.2 Å². The zero-order valence-electron chi connectivity index (χ0n) is 14.8. The first-order valence-corrected chi connectivity index (χ1v) is 8.12. The number of hydrogen-bond donors (Lipinski definition) is 2. The van der Waals surface area contributed by atoms with Gasteiger partial charge in [0, 0.05) is 24.5 Å². The smallest absolute Gasteiger partial charge is 0.322 e. The Morgan fingerprint density at radius 3 is 2.58 bits per heavy atom. The van der Waals surface area contributed by atoms with Gasteiger partial charge in [-0.05, 0) is 52.1 Å². The van der Waals surface area contributed by atoms with E-state index in [9.17, 15) is 9.59 Å². The van der Waals surface area contributed by atoms with Crippen LogP contribution in [0.3, 0.4) is 0 Å². The lowest BCUT2D eigenvalue weighted by atomic mass is 10.1. The van der Waals surface area contributed by atoms with Gasteiger partial charge < -0.3 is 20.4 Å². The van der Waals surface area contributed by atoms with Crippen LogP contribution in [0.5, 0.6) is 0 Å². The third kappa shape index (κ3) is 5.09. The first kappa shape index (κ1) is 18.0. The highest BCUT2D eigenvalue weighted by Crippen LogP contribution is 2.21. The van der Waals surface area contributed by atoms with Crippen LogP contribution in [0.2, 0.25) is 0 Å². The summed E-state index contributed by atoms with van der Waals surface area (Å²) < 4.78 is 0. The van der Waals surface area contributed by atoms with Crippen LogP contribution in [0.15, 0.2) is 29.8 Å². The second-order valence-corrected chi connectivity index (χ2v) is 6.49. The van der Waals surface area contributed by atoms with Gasteiger partial charge in [-0.1, -0.05) is 17.7 Å². The molecule has 2 N–H and O–H groups in total. The molecule has 1 heterocycles. The molecule has 0 aliphatic carbocycles. The van der Waals surface area contributed by atoms with Crippen LogP contribution >= 0.6 is 0 Å². The van der Waals surface area contributed by atoms with Crippen molar-refractivity contribution in [3.8, 4) is 0 Å². The van der Waals surface area contributed by atoms with E-state index >= 15 is 0 Å². The van der Waals surface area contributed by atoms with Crippen molar-refractivity contribution in [3.05, 3.63) is 35.4 Å². The maximum absolute atomic E-state index is 12.3. The van der Waals surface area contributed by atoms with Gasteiger partial charge in [-0.3, -0.25) is 4.79 Å². The number of rotatable bonds is 4. The summed E-state index contributed by atoms with van der Waals surface area (Å²) in [7, 11) is 3.69. The molecule has 130 valence electrons. The Morgan fingerprint density at radius 2 is 1.96 bits per heavy atom. The van der Waals surface area contributed by atoms with E-state index in [1.807, 2.05) is 38.1 Å². The second-order valence-electron chi connectivity index (χ2n) is 6.49. The molecule has 1 aliphatic rings. The molecule has 6 nitrogen and oxygen atoms in total. The minimum Gasteiger partial charge on any atom is -0.325 e. The van der Waals surface area contributed by atoms with Gasteiger partial charge in [-0.15, -0.1) is 0 Å². The molecule has 0 aromatic heterocycles. The van der Waals surface area contributed by atoms with E-state index in [0.29, 0.717) is 24.5 Å². The van der Waals surface area contributed by atoms with Gasteiger partial charge in [0.05, 0.1) is 6.54 Å². The second kappa shape index (κ2) is 7.97. The van der Waals surface area contributed by atoms with Gasteiger partial charge >= 0.3 is 6.03 Å². The molecule has 0 saturated carbocycles. The minimum atomic E-state index is -0.117. The fourth-order valence-electron chi connectivity index (χ4n) is 2.47. The summed E-state index contributed by atoms with van der Waals surface area (Å²) in [5.74, 6) is -0.0804. The highest BCUT2D eigenvalue weighted by Gasteiger charge is 2.16.